The van der Waals surface area contributed by atoms with Crippen LogP contribution < -0.4 is 0 Å². The molecule has 0 aromatic heterocycles. The lowest BCUT2D eigenvalue weighted by molar-refractivity contribution is 0.829. The molecule has 2 aromatic carbocycles. The van der Waals surface area contributed by atoms with Crippen molar-refractivity contribution in [2.75, 3.05) is 0 Å². The van der Waals surface area contributed by atoms with E-state index in [1.165, 1.54) is 39.6 Å². The highest BCUT2D eigenvalue weighted by Crippen LogP contribution is 2.44. The van der Waals surface area contributed by atoms with Crippen molar-refractivity contribution in [1.82, 2.24) is 0 Å². The summed E-state index contributed by atoms with van der Waals surface area (Å²) in [4.78, 5) is 0. The van der Waals surface area contributed by atoms with E-state index in [1.54, 1.807) is 0 Å². The molecule has 1 aliphatic rings. The largest absolute Gasteiger partial charge is 0.0651 e. The normalized spacial score (nSPS) is 17.2. The van der Waals surface area contributed by atoms with E-state index in [-0.39, 0.29) is 0 Å². The summed E-state index contributed by atoms with van der Waals surface area (Å²) in [5.41, 5.74) is 5.73. The Hall–Kier alpha value is -1.34. The topological polar surface area (TPSA) is 0 Å². The number of halogens is 1. The zero-order chi connectivity index (χ0) is 13.2. The Morgan fingerprint density at radius 2 is 1.79 bits per heavy atom. The van der Waals surface area contributed by atoms with E-state index in [0.717, 1.165) is 0 Å². The maximum atomic E-state index is 3.68. The van der Waals surface area contributed by atoms with E-state index in [0.29, 0.717) is 5.92 Å². The number of fused-ring (bicyclic) bond motifs is 1. The lowest BCUT2D eigenvalue weighted by Gasteiger charge is -2.17. The predicted molar refractivity (Wildman–Crippen MR) is 85.3 cm³/mol. The van der Waals surface area contributed by atoms with Crippen LogP contribution in [0.3, 0.4) is 0 Å². The maximum absolute atomic E-state index is 3.68. The fourth-order valence-electron chi connectivity index (χ4n) is 2.97. The van der Waals surface area contributed by atoms with Crippen molar-refractivity contribution in [2.45, 2.75) is 25.7 Å². The van der Waals surface area contributed by atoms with Gasteiger partial charge >= 0.3 is 0 Å². The number of hydrogen-bond acceptors (Lipinski definition) is 0. The molecule has 0 bridgehead atoms. The van der Waals surface area contributed by atoms with Crippen LogP contribution in [0.1, 0.15) is 42.4 Å². The molecule has 1 atom stereocenters. The van der Waals surface area contributed by atoms with Gasteiger partial charge in [0.05, 0.1) is 0 Å². The van der Waals surface area contributed by atoms with E-state index in [4.69, 9.17) is 0 Å². The molecule has 0 heterocycles. The van der Waals surface area contributed by atoms with Crippen LogP contribution in [0.25, 0.3) is 6.08 Å². The highest BCUT2D eigenvalue weighted by molar-refractivity contribution is 9.10. The molecule has 0 nitrogen and oxygen atoms in total. The van der Waals surface area contributed by atoms with Crippen LogP contribution in [0.15, 0.2) is 58.6 Å². The summed E-state index contributed by atoms with van der Waals surface area (Å²) in [6, 6.07) is 17.4. The first kappa shape index (κ1) is 12.7. The molecule has 0 saturated heterocycles. The molecule has 1 heteroatoms. The van der Waals surface area contributed by atoms with Crippen LogP contribution in [0.4, 0.5) is 0 Å². The monoisotopic (exact) mass is 312 g/mol. The zero-order valence-corrected chi connectivity index (χ0v) is 12.7. The smallest absolute Gasteiger partial charge is 0.0308 e. The molecular weight excluding hydrogens is 296 g/mol. The second-order valence-corrected chi connectivity index (χ2v) is 5.91. The van der Waals surface area contributed by atoms with Gasteiger partial charge in [-0.1, -0.05) is 83.4 Å². The van der Waals surface area contributed by atoms with Crippen LogP contribution in [0.2, 0.25) is 0 Å². The number of hydrogen-bond donors (Lipinski definition) is 0. The number of allylic oxidation sites excluding steroid dienone is 1. The minimum atomic E-state index is 0.439. The van der Waals surface area contributed by atoms with Crippen molar-refractivity contribution in [1.29, 1.82) is 0 Å². The third-order valence-electron chi connectivity index (χ3n) is 3.77. The Bertz CT molecular complexity index is 611. The molecule has 0 N–H and O–H groups in total. The van der Waals surface area contributed by atoms with Gasteiger partial charge in [-0.25, -0.2) is 0 Å². The molecule has 0 spiro atoms. The van der Waals surface area contributed by atoms with Crippen LogP contribution in [-0.2, 0) is 0 Å². The molecule has 1 unspecified atom stereocenters. The number of benzene rings is 2. The van der Waals surface area contributed by atoms with Crippen LogP contribution in [0.5, 0.6) is 0 Å². The highest BCUT2D eigenvalue weighted by atomic mass is 79.9. The summed E-state index contributed by atoms with van der Waals surface area (Å²) in [6.45, 7) is 2.25. The van der Waals surface area contributed by atoms with Crippen molar-refractivity contribution in [2.24, 2.45) is 0 Å². The van der Waals surface area contributed by atoms with Gasteiger partial charge in [0, 0.05) is 10.4 Å². The van der Waals surface area contributed by atoms with Crippen molar-refractivity contribution in [3.8, 4) is 0 Å². The standard InChI is InChI=1S/C18H17Br/c1-2-7-14-12-16-15(10-6-11-17(16)19)18(14)13-8-4-3-5-9-13/h3-6,8-12,18H,2,7H2,1H3. The second-order valence-electron chi connectivity index (χ2n) is 5.06. The SMILES string of the molecule is CCCC1=Cc2c(Br)cccc2C1c1ccccc1. The minimum Gasteiger partial charge on any atom is -0.0651 e. The van der Waals surface area contributed by atoms with Crippen LogP contribution >= 0.6 is 15.9 Å². The summed E-state index contributed by atoms with van der Waals surface area (Å²) in [6.07, 6.45) is 4.74. The van der Waals surface area contributed by atoms with E-state index >= 15 is 0 Å². The van der Waals surface area contributed by atoms with Gasteiger partial charge in [-0.05, 0) is 29.2 Å². The summed E-state index contributed by atoms with van der Waals surface area (Å²) in [5, 5.41) is 0. The molecule has 0 aliphatic heterocycles. The minimum absolute atomic E-state index is 0.439. The third-order valence-corrected chi connectivity index (χ3v) is 4.46. The first-order valence-corrected chi connectivity index (χ1v) is 7.64. The molecule has 96 valence electrons. The first-order valence-electron chi connectivity index (χ1n) is 6.85. The summed E-state index contributed by atoms with van der Waals surface area (Å²) in [7, 11) is 0. The van der Waals surface area contributed by atoms with Crippen LogP contribution in [-0.4, -0.2) is 0 Å². The maximum Gasteiger partial charge on any atom is 0.0308 e. The molecule has 1 aliphatic carbocycles. The van der Waals surface area contributed by atoms with Crippen molar-refractivity contribution in [3.05, 3.63) is 75.3 Å². The molecular formula is C18H17Br. The summed E-state index contributed by atoms with van der Waals surface area (Å²) in [5.74, 6) is 0.439. The third kappa shape index (κ3) is 2.28. The lowest BCUT2D eigenvalue weighted by atomic mass is 9.87. The van der Waals surface area contributed by atoms with E-state index in [1.807, 2.05) is 0 Å². The molecule has 0 amide bonds. The van der Waals surface area contributed by atoms with Gasteiger partial charge in [-0.2, -0.15) is 0 Å². The van der Waals surface area contributed by atoms with E-state index < -0.39 is 0 Å². The summed E-state index contributed by atoms with van der Waals surface area (Å²) >= 11 is 3.68. The van der Waals surface area contributed by atoms with Crippen molar-refractivity contribution >= 4 is 22.0 Å². The fraction of sp³-hybridized carbons (Fsp3) is 0.222. The Kier molecular flexibility index (Phi) is 3.56. The molecule has 0 fully saturated rings. The molecule has 0 radical (unpaired) electrons. The quantitative estimate of drug-likeness (QED) is 0.674. The van der Waals surface area contributed by atoms with Gasteiger partial charge in [0.15, 0.2) is 0 Å². The fourth-order valence-corrected chi connectivity index (χ4v) is 3.47. The highest BCUT2D eigenvalue weighted by Gasteiger charge is 2.26. The Morgan fingerprint density at radius 3 is 2.53 bits per heavy atom. The van der Waals surface area contributed by atoms with E-state index in [2.05, 4.69) is 77.5 Å². The Labute approximate surface area is 123 Å². The van der Waals surface area contributed by atoms with Crippen molar-refractivity contribution < 1.29 is 0 Å². The Balaban J connectivity index is 2.12. The van der Waals surface area contributed by atoms with Crippen LogP contribution in [0, 0.1) is 0 Å². The molecule has 3 rings (SSSR count). The first-order chi connectivity index (χ1) is 9.31. The second kappa shape index (κ2) is 5.34. The lowest BCUT2D eigenvalue weighted by Crippen LogP contribution is -2.01. The molecule has 0 saturated carbocycles. The van der Waals surface area contributed by atoms with Gasteiger partial charge in [-0.15, -0.1) is 0 Å². The van der Waals surface area contributed by atoms with Gasteiger partial charge in [0.2, 0.25) is 0 Å². The molecule has 19 heavy (non-hydrogen) atoms. The average molecular weight is 313 g/mol. The average Bonchev–Trinajstić information content (AvgIpc) is 2.80. The predicted octanol–water partition coefficient (Wildman–Crippen LogP) is 5.78. The molecule has 2 aromatic rings. The summed E-state index contributed by atoms with van der Waals surface area (Å²) < 4.78 is 1.21. The van der Waals surface area contributed by atoms with Gasteiger partial charge in [0.1, 0.15) is 0 Å². The van der Waals surface area contributed by atoms with Crippen molar-refractivity contribution in [3.63, 3.8) is 0 Å². The number of rotatable bonds is 3. The Morgan fingerprint density at radius 1 is 1.00 bits per heavy atom. The van der Waals surface area contributed by atoms with Gasteiger partial charge < -0.3 is 0 Å². The zero-order valence-electron chi connectivity index (χ0n) is 11.1. The van der Waals surface area contributed by atoms with E-state index in [9.17, 15) is 0 Å². The van der Waals surface area contributed by atoms with Gasteiger partial charge in [0.25, 0.3) is 0 Å². The van der Waals surface area contributed by atoms with Gasteiger partial charge in [-0.3, -0.25) is 0 Å².